The fourth-order valence-corrected chi connectivity index (χ4v) is 5.28. The van der Waals surface area contributed by atoms with Crippen molar-refractivity contribution in [2.24, 2.45) is 0 Å². The van der Waals surface area contributed by atoms with Crippen LogP contribution < -0.4 is 10.1 Å². The number of hydrogen-bond donors (Lipinski definition) is 1. The van der Waals surface area contributed by atoms with Crippen LogP contribution in [0.3, 0.4) is 0 Å². The molecule has 1 aromatic heterocycles. The molecule has 0 atom stereocenters. The highest BCUT2D eigenvalue weighted by Gasteiger charge is 2.29. The number of nitrogens with zero attached hydrogens (tertiary/aromatic N) is 5. The number of halogens is 1. The molecule has 2 heterocycles. The van der Waals surface area contributed by atoms with Gasteiger partial charge in [-0.3, -0.25) is 4.79 Å². The molecule has 4 rings (SSSR count). The molecule has 1 aliphatic heterocycles. The van der Waals surface area contributed by atoms with Crippen molar-refractivity contribution < 1.29 is 22.3 Å². The number of methoxy groups -OCH3 is 1. The largest absolute Gasteiger partial charge is 0.495 e. The Morgan fingerprint density at radius 1 is 1.15 bits per heavy atom. The molecule has 12 heteroatoms. The topological polar surface area (TPSA) is 119 Å². The first-order valence-corrected chi connectivity index (χ1v) is 11.8. The molecule has 174 valence electrons. The van der Waals surface area contributed by atoms with Crippen LogP contribution in [0.4, 0.5) is 10.1 Å². The molecule has 2 aromatic carbocycles. The van der Waals surface area contributed by atoms with Crippen LogP contribution in [-0.4, -0.2) is 59.0 Å². The van der Waals surface area contributed by atoms with Crippen LogP contribution >= 0.6 is 0 Å². The summed E-state index contributed by atoms with van der Waals surface area (Å²) in [6.45, 7) is 0.643. The predicted octanol–water partition coefficient (Wildman–Crippen LogP) is 2.30. The number of nitrogens with one attached hydrogen (secondary N) is 1. The highest BCUT2D eigenvalue weighted by Crippen LogP contribution is 2.31. The summed E-state index contributed by atoms with van der Waals surface area (Å²) < 4.78 is 46.4. The number of benzene rings is 2. The van der Waals surface area contributed by atoms with Gasteiger partial charge in [0.15, 0.2) is 0 Å². The van der Waals surface area contributed by atoms with Crippen molar-refractivity contribution >= 4 is 21.6 Å². The van der Waals surface area contributed by atoms with Gasteiger partial charge in [-0.05, 0) is 48.4 Å². The highest BCUT2D eigenvalue weighted by molar-refractivity contribution is 7.89. The molecule has 0 radical (unpaired) electrons. The van der Waals surface area contributed by atoms with Crippen LogP contribution in [0.15, 0.2) is 47.4 Å². The van der Waals surface area contributed by atoms with Gasteiger partial charge in [0.25, 0.3) is 0 Å². The smallest absolute Gasteiger partial charge is 0.248 e. The Kier molecular flexibility index (Phi) is 6.65. The summed E-state index contributed by atoms with van der Waals surface area (Å²) in [5, 5.41) is 14.4. The van der Waals surface area contributed by atoms with Gasteiger partial charge in [0.2, 0.25) is 21.8 Å². The van der Waals surface area contributed by atoms with Gasteiger partial charge in [-0.1, -0.05) is 18.6 Å². The fraction of sp³-hybridized carbons (Fsp3) is 0.333. The number of ether oxygens (including phenoxy) is 1. The summed E-state index contributed by atoms with van der Waals surface area (Å²) >= 11 is 0. The molecule has 0 aliphatic carbocycles. The molecule has 0 bridgehead atoms. The van der Waals surface area contributed by atoms with Crippen LogP contribution in [0, 0.1) is 5.82 Å². The average molecular weight is 475 g/mol. The number of anilines is 1. The first-order chi connectivity index (χ1) is 15.9. The Morgan fingerprint density at radius 2 is 1.94 bits per heavy atom. The number of aromatic nitrogens is 4. The van der Waals surface area contributed by atoms with E-state index in [1.165, 1.54) is 41.7 Å². The van der Waals surface area contributed by atoms with Crippen molar-refractivity contribution in [3.05, 3.63) is 48.3 Å². The number of carbonyl (C=O) groups is 1. The van der Waals surface area contributed by atoms with Crippen LogP contribution in [0.25, 0.3) is 11.4 Å². The summed E-state index contributed by atoms with van der Waals surface area (Å²) in [6, 6.07) is 10.2. The minimum absolute atomic E-state index is 0.00280. The molecule has 10 nitrogen and oxygen atoms in total. The zero-order valence-electron chi connectivity index (χ0n) is 17.9. The molecule has 1 N–H and O–H groups in total. The number of rotatable bonds is 7. The number of tetrazole rings is 1. The first-order valence-electron chi connectivity index (χ1n) is 10.4. The number of piperidine rings is 1. The van der Waals surface area contributed by atoms with E-state index in [1.807, 2.05) is 0 Å². The maximum Gasteiger partial charge on any atom is 0.248 e. The van der Waals surface area contributed by atoms with Crippen molar-refractivity contribution in [1.29, 1.82) is 0 Å². The molecule has 0 unspecified atom stereocenters. The number of amides is 1. The van der Waals surface area contributed by atoms with Crippen molar-refractivity contribution in [3.63, 3.8) is 0 Å². The minimum atomic E-state index is -3.77. The third kappa shape index (κ3) is 5.17. The minimum Gasteiger partial charge on any atom is -0.495 e. The summed E-state index contributed by atoms with van der Waals surface area (Å²) in [4.78, 5) is 13.6. The third-order valence-corrected chi connectivity index (χ3v) is 7.12. The monoisotopic (exact) mass is 474 g/mol. The molecule has 1 aliphatic rings. The van der Waals surface area contributed by atoms with Crippen LogP contribution in [-0.2, 0) is 21.4 Å². The van der Waals surface area contributed by atoms with Gasteiger partial charge in [0, 0.05) is 24.3 Å². The first kappa shape index (κ1) is 22.8. The lowest BCUT2D eigenvalue weighted by Crippen LogP contribution is -2.35. The molecule has 3 aromatic rings. The summed E-state index contributed by atoms with van der Waals surface area (Å²) in [5.74, 6) is -0.529. The van der Waals surface area contributed by atoms with Gasteiger partial charge in [-0.15, -0.1) is 10.2 Å². The quantitative estimate of drug-likeness (QED) is 0.558. The van der Waals surface area contributed by atoms with E-state index in [1.54, 1.807) is 12.1 Å². The molecule has 1 amide bonds. The van der Waals surface area contributed by atoms with E-state index >= 15 is 0 Å². The average Bonchev–Trinajstić information content (AvgIpc) is 3.28. The zero-order valence-corrected chi connectivity index (χ0v) is 18.8. The maximum absolute atomic E-state index is 13.4. The standard InChI is InChI=1S/C21H23FN6O4S/c1-32-18-9-8-17(13-19(18)33(30,31)27-10-3-2-4-11-27)23-20(29)14-28-25-21(24-26-28)15-6-5-7-16(22)12-15/h5-9,12-13H,2-4,10-11,14H2,1H3,(H,23,29). The van der Waals surface area contributed by atoms with Gasteiger partial charge in [0.05, 0.1) is 7.11 Å². The summed E-state index contributed by atoms with van der Waals surface area (Å²) in [6.07, 6.45) is 2.61. The number of carbonyl (C=O) groups excluding carboxylic acids is 1. The molecular weight excluding hydrogens is 451 g/mol. The van der Waals surface area contributed by atoms with E-state index < -0.39 is 21.7 Å². The Hall–Kier alpha value is -3.38. The Bertz CT molecular complexity index is 1260. The van der Waals surface area contributed by atoms with Gasteiger partial charge in [-0.2, -0.15) is 9.10 Å². The summed E-state index contributed by atoms with van der Waals surface area (Å²) in [5.41, 5.74) is 0.728. The van der Waals surface area contributed by atoms with Gasteiger partial charge in [0.1, 0.15) is 23.0 Å². The Labute approximate surface area is 190 Å². The fourth-order valence-electron chi connectivity index (χ4n) is 3.58. The van der Waals surface area contributed by atoms with E-state index in [-0.39, 0.29) is 23.0 Å². The van der Waals surface area contributed by atoms with E-state index in [4.69, 9.17) is 4.74 Å². The predicted molar refractivity (Wildman–Crippen MR) is 117 cm³/mol. The van der Waals surface area contributed by atoms with Crippen molar-refractivity contribution in [2.75, 3.05) is 25.5 Å². The second-order valence-corrected chi connectivity index (χ2v) is 9.44. The SMILES string of the molecule is COc1ccc(NC(=O)Cn2nnc(-c3cccc(F)c3)n2)cc1S(=O)(=O)N1CCCCC1. The van der Waals surface area contributed by atoms with Crippen molar-refractivity contribution in [2.45, 2.75) is 30.7 Å². The Balaban J connectivity index is 1.49. The second-order valence-electron chi connectivity index (χ2n) is 7.53. The maximum atomic E-state index is 13.4. The molecule has 1 fully saturated rings. The van der Waals surface area contributed by atoms with Crippen molar-refractivity contribution in [1.82, 2.24) is 24.5 Å². The Morgan fingerprint density at radius 3 is 2.67 bits per heavy atom. The molecular formula is C21H23FN6O4S. The third-order valence-electron chi connectivity index (χ3n) is 5.20. The highest BCUT2D eigenvalue weighted by atomic mass is 32.2. The van der Waals surface area contributed by atoms with E-state index in [0.29, 0.717) is 24.3 Å². The zero-order chi connectivity index (χ0) is 23.4. The van der Waals surface area contributed by atoms with E-state index in [2.05, 4.69) is 20.7 Å². The second kappa shape index (κ2) is 9.63. The molecule has 1 saturated heterocycles. The van der Waals surface area contributed by atoms with Crippen LogP contribution in [0.1, 0.15) is 19.3 Å². The normalized spacial score (nSPS) is 14.7. The number of sulfonamides is 1. The summed E-state index contributed by atoms with van der Waals surface area (Å²) in [7, 11) is -2.37. The lowest BCUT2D eigenvalue weighted by Gasteiger charge is -2.26. The molecule has 0 saturated carbocycles. The van der Waals surface area contributed by atoms with Crippen LogP contribution in [0.2, 0.25) is 0 Å². The lowest BCUT2D eigenvalue weighted by molar-refractivity contribution is -0.117. The van der Waals surface area contributed by atoms with Gasteiger partial charge < -0.3 is 10.1 Å². The molecule has 0 spiro atoms. The van der Waals surface area contributed by atoms with Gasteiger partial charge >= 0.3 is 0 Å². The van der Waals surface area contributed by atoms with Crippen LogP contribution in [0.5, 0.6) is 5.75 Å². The van der Waals surface area contributed by atoms with Gasteiger partial charge in [-0.25, -0.2) is 12.8 Å². The molecule has 33 heavy (non-hydrogen) atoms. The lowest BCUT2D eigenvalue weighted by atomic mass is 10.2. The van der Waals surface area contributed by atoms with E-state index in [0.717, 1.165) is 24.1 Å². The van der Waals surface area contributed by atoms with E-state index in [9.17, 15) is 17.6 Å². The van der Waals surface area contributed by atoms with Crippen molar-refractivity contribution in [3.8, 4) is 17.1 Å². The number of hydrogen-bond acceptors (Lipinski definition) is 7.